The van der Waals surface area contributed by atoms with E-state index in [1.165, 1.54) is 6.92 Å². The van der Waals surface area contributed by atoms with Gasteiger partial charge in [0.15, 0.2) is 11.5 Å². The van der Waals surface area contributed by atoms with E-state index in [-0.39, 0.29) is 11.8 Å². The van der Waals surface area contributed by atoms with Crippen LogP contribution in [0.4, 0.5) is 11.6 Å². The van der Waals surface area contributed by atoms with Gasteiger partial charge in [-0.15, -0.1) is 0 Å². The van der Waals surface area contributed by atoms with Crippen LogP contribution in [0.3, 0.4) is 0 Å². The van der Waals surface area contributed by atoms with Crippen LogP contribution in [-0.2, 0) is 4.79 Å². The molecular weight excluding hydrogens is 374 g/mol. The number of rotatable bonds is 5. The van der Waals surface area contributed by atoms with E-state index in [1.807, 2.05) is 13.0 Å². The van der Waals surface area contributed by atoms with Crippen molar-refractivity contribution in [3.8, 4) is 11.5 Å². The molecule has 1 N–H and O–H groups in total. The number of carbonyl (C=O) groups is 2. The van der Waals surface area contributed by atoms with Crippen molar-refractivity contribution in [1.82, 2.24) is 19.8 Å². The highest BCUT2D eigenvalue weighted by molar-refractivity contribution is 5.93. The SMILES string of the molecule is COc1ccc(Nc2nc(C)cc(C(=O)N3CCN(C(C)=O)CC3)n2)cc1OC. The van der Waals surface area contributed by atoms with Gasteiger partial charge in [0, 0.05) is 50.6 Å². The zero-order valence-corrected chi connectivity index (χ0v) is 17.1. The Morgan fingerprint density at radius 1 is 0.966 bits per heavy atom. The standard InChI is InChI=1S/C20H25N5O4/c1-13-11-16(19(27)25-9-7-24(8-10-25)14(2)26)23-20(21-13)22-15-5-6-17(28-3)18(12-15)29-4/h5-6,11-12H,7-10H2,1-4H3,(H,21,22,23). The van der Waals surface area contributed by atoms with Gasteiger partial charge in [-0.1, -0.05) is 0 Å². The summed E-state index contributed by atoms with van der Waals surface area (Å²) in [5.74, 6) is 1.36. The largest absolute Gasteiger partial charge is 0.493 e. The molecule has 0 saturated carbocycles. The number of amides is 2. The molecule has 2 heterocycles. The number of piperazine rings is 1. The van der Waals surface area contributed by atoms with Gasteiger partial charge >= 0.3 is 0 Å². The molecule has 0 aliphatic carbocycles. The van der Waals surface area contributed by atoms with E-state index in [1.54, 1.807) is 42.2 Å². The van der Waals surface area contributed by atoms with Crippen LogP contribution < -0.4 is 14.8 Å². The Hall–Kier alpha value is -3.36. The van der Waals surface area contributed by atoms with Crippen LogP contribution in [0.5, 0.6) is 11.5 Å². The first-order valence-electron chi connectivity index (χ1n) is 9.30. The number of hydrogen-bond donors (Lipinski definition) is 1. The van der Waals surface area contributed by atoms with Crippen molar-refractivity contribution < 1.29 is 19.1 Å². The number of anilines is 2. The molecule has 0 unspecified atom stereocenters. The number of nitrogens with one attached hydrogen (secondary N) is 1. The lowest BCUT2D eigenvalue weighted by Gasteiger charge is -2.34. The summed E-state index contributed by atoms with van der Waals surface area (Å²) < 4.78 is 10.6. The number of aromatic nitrogens is 2. The van der Waals surface area contributed by atoms with Crippen molar-refractivity contribution >= 4 is 23.5 Å². The van der Waals surface area contributed by atoms with Gasteiger partial charge in [-0.3, -0.25) is 9.59 Å². The number of ether oxygens (including phenoxy) is 2. The number of nitrogens with zero attached hydrogens (tertiary/aromatic N) is 4. The number of methoxy groups -OCH3 is 2. The Kier molecular flexibility index (Phi) is 6.16. The van der Waals surface area contributed by atoms with E-state index in [2.05, 4.69) is 15.3 Å². The monoisotopic (exact) mass is 399 g/mol. The highest BCUT2D eigenvalue weighted by Gasteiger charge is 2.24. The van der Waals surface area contributed by atoms with E-state index >= 15 is 0 Å². The molecule has 2 aromatic rings. The van der Waals surface area contributed by atoms with E-state index in [4.69, 9.17) is 9.47 Å². The Morgan fingerprint density at radius 3 is 2.24 bits per heavy atom. The maximum absolute atomic E-state index is 12.9. The van der Waals surface area contributed by atoms with Crippen molar-refractivity contribution in [1.29, 1.82) is 0 Å². The molecule has 2 amide bonds. The lowest BCUT2D eigenvalue weighted by Crippen LogP contribution is -2.50. The number of aryl methyl sites for hydroxylation is 1. The molecule has 1 aromatic carbocycles. The molecule has 154 valence electrons. The molecule has 0 bridgehead atoms. The smallest absolute Gasteiger partial charge is 0.272 e. The minimum absolute atomic E-state index is 0.0244. The first kappa shape index (κ1) is 20.4. The maximum atomic E-state index is 12.9. The summed E-state index contributed by atoms with van der Waals surface area (Å²) in [6.45, 7) is 5.38. The number of carbonyl (C=O) groups excluding carboxylic acids is 2. The molecule has 1 fully saturated rings. The molecule has 0 spiro atoms. The highest BCUT2D eigenvalue weighted by Crippen LogP contribution is 2.30. The van der Waals surface area contributed by atoms with Crippen LogP contribution in [0.2, 0.25) is 0 Å². The minimum Gasteiger partial charge on any atom is -0.493 e. The number of benzene rings is 1. The highest BCUT2D eigenvalue weighted by atomic mass is 16.5. The van der Waals surface area contributed by atoms with E-state index < -0.39 is 0 Å². The minimum atomic E-state index is -0.172. The fourth-order valence-corrected chi connectivity index (χ4v) is 3.16. The molecule has 9 nitrogen and oxygen atoms in total. The molecule has 0 atom stereocenters. The van der Waals surface area contributed by atoms with Crippen LogP contribution in [0.1, 0.15) is 23.1 Å². The average Bonchev–Trinajstić information content (AvgIpc) is 2.72. The fraction of sp³-hybridized carbons (Fsp3) is 0.400. The second-order valence-electron chi connectivity index (χ2n) is 6.71. The second-order valence-corrected chi connectivity index (χ2v) is 6.71. The Balaban J connectivity index is 1.76. The van der Waals surface area contributed by atoms with Crippen molar-refractivity contribution in [2.75, 3.05) is 45.7 Å². The average molecular weight is 399 g/mol. The third kappa shape index (κ3) is 4.74. The quantitative estimate of drug-likeness (QED) is 0.819. The van der Waals surface area contributed by atoms with Gasteiger partial charge in [0.2, 0.25) is 11.9 Å². The van der Waals surface area contributed by atoms with Crippen LogP contribution in [0, 0.1) is 6.92 Å². The van der Waals surface area contributed by atoms with Crippen LogP contribution in [0.15, 0.2) is 24.3 Å². The van der Waals surface area contributed by atoms with Crippen molar-refractivity contribution in [3.05, 3.63) is 35.7 Å². The van der Waals surface area contributed by atoms with E-state index in [0.717, 1.165) is 0 Å². The summed E-state index contributed by atoms with van der Waals surface area (Å²) in [5.41, 5.74) is 1.70. The Morgan fingerprint density at radius 2 is 1.62 bits per heavy atom. The molecule has 0 radical (unpaired) electrons. The fourth-order valence-electron chi connectivity index (χ4n) is 3.16. The molecule has 1 aliphatic rings. The van der Waals surface area contributed by atoms with Gasteiger partial charge in [-0.05, 0) is 25.1 Å². The second kappa shape index (κ2) is 8.76. The van der Waals surface area contributed by atoms with Gasteiger partial charge in [-0.25, -0.2) is 9.97 Å². The van der Waals surface area contributed by atoms with Crippen molar-refractivity contribution in [3.63, 3.8) is 0 Å². The third-order valence-electron chi connectivity index (χ3n) is 4.73. The van der Waals surface area contributed by atoms with Gasteiger partial charge in [-0.2, -0.15) is 0 Å². The Labute approximate surface area is 169 Å². The van der Waals surface area contributed by atoms with Gasteiger partial charge in [0.05, 0.1) is 14.2 Å². The summed E-state index contributed by atoms with van der Waals surface area (Å²) >= 11 is 0. The normalized spacial score (nSPS) is 13.8. The van der Waals surface area contributed by atoms with Crippen molar-refractivity contribution in [2.24, 2.45) is 0 Å². The first-order chi connectivity index (χ1) is 13.9. The first-order valence-corrected chi connectivity index (χ1v) is 9.30. The summed E-state index contributed by atoms with van der Waals surface area (Å²) in [6, 6.07) is 7.03. The molecule has 1 aromatic heterocycles. The lowest BCUT2D eigenvalue weighted by molar-refractivity contribution is -0.130. The van der Waals surface area contributed by atoms with E-state index in [9.17, 15) is 9.59 Å². The van der Waals surface area contributed by atoms with Gasteiger partial charge < -0.3 is 24.6 Å². The Bertz CT molecular complexity index is 910. The topological polar surface area (TPSA) is 96.9 Å². The summed E-state index contributed by atoms with van der Waals surface area (Å²) in [5, 5.41) is 3.11. The zero-order chi connectivity index (χ0) is 21.0. The molecule has 9 heteroatoms. The van der Waals surface area contributed by atoms with Crippen LogP contribution in [-0.4, -0.2) is 72.0 Å². The lowest BCUT2D eigenvalue weighted by atomic mass is 10.2. The summed E-state index contributed by atoms with van der Waals surface area (Å²) in [7, 11) is 3.14. The van der Waals surface area contributed by atoms with Gasteiger partial charge in [0.25, 0.3) is 5.91 Å². The van der Waals surface area contributed by atoms with Crippen molar-refractivity contribution in [2.45, 2.75) is 13.8 Å². The van der Waals surface area contributed by atoms with Crippen LogP contribution in [0.25, 0.3) is 0 Å². The van der Waals surface area contributed by atoms with E-state index in [0.29, 0.717) is 60.7 Å². The maximum Gasteiger partial charge on any atom is 0.272 e. The molecule has 1 aliphatic heterocycles. The molecule has 1 saturated heterocycles. The molecule has 3 rings (SSSR count). The molecular formula is C20H25N5O4. The summed E-state index contributed by atoms with van der Waals surface area (Å²) in [6.07, 6.45) is 0. The molecule has 29 heavy (non-hydrogen) atoms. The van der Waals surface area contributed by atoms with Gasteiger partial charge in [0.1, 0.15) is 5.69 Å². The predicted octanol–water partition coefficient (Wildman–Crippen LogP) is 1.85. The number of hydrogen-bond acceptors (Lipinski definition) is 7. The summed E-state index contributed by atoms with van der Waals surface area (Å²) in [4.78, 5) is 36.6. The van der Waals surface area contributed by atoms with Crippen LogP contribution >= 0.6 is 0 Å². The zero-order valence-electron chi connectivity index (χ0n) is 17.1. The predicted molar refractivity (Wildman–Crippen MR) is 108 cm³/mol. The third-order valence-corrected chi connectivity index (χ3v) is 4.73.